The van der Waals surface area contributed by atoms with Crippen molar-refractivity contribution in [3.63, 3.8) is 0 Å². The highest BCUT2D eigenvalue weighted by Gasteiger charge is 2.25. The minimum Gasteiger partial charge on any atom is -0.354 e. The molecule has 0 unspecified atom stereocenters. The fourth-order valence-electron chi connectivity index (χ4n) is 3.12. The lowest BCUT2D eigenvalue weighted by atomic mass is 10.1. The maximum Gasteiger partial charge on any atom is 0.270 e. The molecule has 6 nitrogen and oxygen atoms in total. The molecule has 2 fully saturated rings. The molecule has 3 heterocycles. The van der Waals surface area contributed by atoms with Crippen molar-refractivity contribution >= 4 is 11.8 Å². The third-order valence-corrected chi connectivity index (χ3v) is 4.25. The number of hydrogen-bond donors (Lipinski definition) is 2. The molecule has 0 aliphatic carbocycles. The normalized spacial score (nSPS) is 21.0. The summed E-state index contributed by atoms with van der Waals surface area (Å²) in [6, 6.07) is 4.17. The van der Waals surface area contributed by atoms with Gasteiger partial charge in [-0.2, -0.15) is 0 Å². The molecule has 1 aromatic heterocycles. The standard InChI is InChI=1S/C15H22N4O2/c20-14-11-18(9-2-6-17-14)15(21)13-3-1-10-19(13)12-4-7-16-8-5-12/h1,3,10,12,16H,2,4-9,11H2,(H,17,20). The Morgan fingerprint density at radius 1 is 1.24 bits per heavy atom. The number of carbonyl (C=O) groups excluding carboxylic acids is 2. The molecule has 2 saturated heterocycles. The van der Waals surface area contributed by atoms with E-state index in [-0.39, 0.29) is 18.4 Å². The smallest absolute Gasteiger partial charge is 0.270 e. The largest absolute Gasteiger partial charge is 0.354 e. The molecule has 3 rings (SSSR count). The zero-order chi connectivity index (χ0) is 14.7. The molecule has 0 spiro atoms. The van der Waals surface area contributed by atoms with Gasteiger partial charge >= 0.3 is 0 Å². The summed E-state index contributed by atoms with van der Waals surface area (Å²) in [7, 11) is 0. The second kappa shape index (κ2) is 6.30. The second-order valence-electron chi connectivity index (χ2n) is 5.71. The van der Waals surface area contributed by atoms with Crippen LogP contribution in [0.15, 0.2) is 18.3 Å². The maximum atomic E-state index is 12.7. The Morgan fingerprint density at radius 2 is 2.05 bits per heavy atom. The van der Waals surface area contributed by atoms with Crippen LogP contribution in [0.3, 0.4) is 0 Å². The summed E-state index contributed by atoms with van der Waals surface area (Å²) in [4.78, 5) is 26.0. The Morgan fingerprint density at radius 3 is 2.86 bits per heavy atom. The van der Waals surface area contributed by atoms with Crippen LogP contribution in [0.1, 0.15) is 35.8 Å². The predicted octanol–water partition coefficient (Wildman–Crippen LogP) is 0.375. The first kappa shape index (κ1) is 14.1. The first-order valence-corrected chi connectivity index (χ1v) is 7.69. The molecule has 0 atom stereocenters. The van der Waals surface area contributed by atoms with Crippen LogP contribution >= 0.6 is 0 Å². The topological polar surface area (TPSA) is 66.4 Å². The van der Waals surface area contributed by atoms with E-state index < -0.39 is 0 Å². The molecular formula is C15H22N4O2. The summed E-state index contributed by atoms with van der Waals surface area (Å²) in [5.74, 6) is -0.101. The van der Waals surface area contributed by atoms with Crippen molar-refractivity contribution in [2.45, 2.75) is 25.3 Å². The van der Waals surface area contributed by atoms with Crippen LogP contribution < -0.4 is 10.6 Å². The highest BCUT2D eigenvalue weighted by atomic mass is 16.2. The van der Waals surface area contributed by atoms with Crippen LogP contribution in [0.4, 0.5) is 0 Å². The van der Waals surface area contributed by atoms with Crippen molar-refractivity contribution in [2.75, 3.05) is 32.7 Å². The van der Waals surface area contributed by atoms with Crippen LogP contribution in [0.5, 0.6) is 0 Å². The van der Waals surface area contributed by atoms with Gasteiger partial charge in [0.25, 0.3) is 5.91 Å². The van der Waals surface area contributed by atoms with Gasteiger partial charge in [-0.05, 0) is 44.5 Å². The molecule has 21 heavy (non-hydrogen) atoms. The number of piperidine rings is 1. The van der Waals surface area contributed by atoms with Gasteiger partial charge in [-0.15, -0.1) is 0 Å². The first-order chi connectivity index (χ1) is 10.3. The molecular weight excluding hydrogens is 268 g/mol. The number of amides is 2. The zero-order valence-electron chi connectivity index (χ0n) is 12.2. The highest BCUT2D eigenvalue weighted by molar-refractivity contribution is 5.95. The molecule has 0 radical (unpaired) electrons. The van der Waals surface area contributed by atoms with Gasteiger partial charge in [-0.1, -0.05) is 0 Å². The molecule has 2 aliphatic heterocycles. The lowest BCUT2D eigenvalue weighted by molar-refractivity contribution is -0.121. The number of nitrogens with zero attached hydrogens (tertiary/aromatic N) is 2. The van der Waals surface area contributed by atoms with Gasteiger partial charge in [0.15, 0.2) is 0 Å². The Labute approximate surface area is 124 Å². The first-order valence-electron chi connectivity index (χ1n) is 7.69. The Kier molecular flexibility index (Phi) is 4.24. The number of nitrogens with one attached hydrogen (secondary N) is 2. The minimum absolute atomic E-state index is 0.0319. The van der Waals surface area contributed by atoms with E-state index in [1.807, 2.05) is 18.3 Å². The molecule has 2 N–H and O–H groups in total. The second-order valence-corrected chi connectivity index (χ2v) is 5.71. The summed E-state index contributed by atoms with van der Waals surface area (Å²) in [5.41, 5.74) is 0.705. The summed E-state index contributed by atoms with van der Waals surface area (Å²) in [5, 5.41) is 6.15. The summed E-state index contributed by atoms with van der Waals surface area (Å²) in [6.07, 6.45) is 4.87. The monoisotopic (exact) mass is 290 g/mol. The van der Waals surface area contributed by atoms with Crippen LogP contribution in [0.25, 0.3) is 0 Å². The number of rotatable bonds is 2. The van der Waals surface area contributed by atoms with Crippen molar-refractivity contribution in [2.24, 2.45) is 0 Å². The van der Waals surface area contributed by atoms with Crippen LogP contribution in [0.2, 0.25) is 0 Å². The molecule has 0 saturated carbocycles. The molecule has 114 valence electrons. The van der Waals surface area contributed by atoms with Crippen molar-refractivity contribution < 1.29 is 9.59 Å². The van der Waals surface area contributed by atoms with E-state index in [0.717, 1.165) is 32.4 Å². The fourth-order valence-corrected chi connectivity index (χ4v) is 3.12. The van der Waals surface area contributed by atoms with Gasteiger partial charge in [0, 0.05) is 25.3 Å². The van der Waals surface area contributed by atoms with Gasteiger partial charge in [-0.3, -0.25) is 9.59 Å². The zero-order valence-corrected chi connectivity index (χ0v) is 12.2. The van der Waals surface area contributed by atoms with Crippen molar-refractivity contribution in [1.29, 1.82) is 0 Å². The van der Waals surface area contributed by atoms with Gasteiger partial charge in [0.2, 0.25) is 5.91 Å². The predicted molar refractivity (Wildman–Crippen MR) is 79.1 cm³/mol. The van der Waals surface area contributed by atoms with Crippen LogP contribution in [-0.4, -0.2) is 54.0 Å². The van der Waals surface area contributed by atoms with E-state index in [0.29, 0.717) is 24.8 Å². The Hall–Kier alpha value is -1.82. The van der Waals surface area contributed by atoms with Crippen molar-refractivity contribution in [3.05, 3.63) is 24.0 Å². The van der Waals surface area contributed by atoms with Crippen molar-refractivity contribution in [1.82, 2.24) is 20.1 Å². The molecule has 0 aromatic carbocycles. The lowest BCUT2D eigenvalue weighted by Crippen LogP contribution is -2.39. The average molecular weight is 290 g/mol. The average Bonchev–Trinajstić information content (AvgIpc) is 2.90. The maximum absolute atomic E-state index is 12.7. The van der Waals surface area contributed by atoms with E-state index >= 15 is 0 Å². The molecule has 0 bridgehead atoms. The SMILES string of the molecule is O=C1CN(C(=O)c2cccn2C2CCNCC2)CCCN1. The fraction of sp³-hybridized carbons (Fsp3) is 0.600. The van der Waals surface area contributed by atoms with E-state index in [1.54, 1.807) is 4.90 Å². The summed E-state index contributed by atoms with van der Waals surface area (Å²) in [6.45, 7) is 3.42. The highest BCUT2D eigenvalue weighted by Crippen LogP contribution is 2.22. The summed E-state index contributed by atoms with van der Waals surface area (Å²) < 4.78 is 2.09. The number of hydrogen-bond acceptors (Lipinski definition) is 3. The van der Waals surface area contributed by atoms with Gasteiger partial charge < -0.3 is 20.1 Å². The molecule has 6 heteroatoms. The molecule has 2 amide bonds. The third kappa shape index (κ3) is 3.10. The lowest BCUT2D eigenvalue weighted by Gasteiger charge is -2.27. The van der Waals surface area contributed by atoms with E-state index in [1.165, 1.54) is 0 Å². The van der Waals surface area contributed by atoms with Crippen LogP contribution in [-0.2, 0) is 4.79 Å². The quantitative estimate of drug-likeness (QED) is 0.827. The number of aromatic nitrogens is 1. The third-order valence-electron chi connectivity index (χ3n) is 4.25. The minimum atomic E-state index is -0.0687. The molecule has 1 aromatic rings. The van der Waals surface area contributed by atoms with E-state index in [9.17, 15) is 9.59 Å². The van der Waals surface area contributed by atoms with E-state index in [2.05, 4.69) is 15.2 Å². The van der Waals surface area contributed by atoms with Gasteiger partial charge in [0.05, 0.1) is 6.54 Å². The van der Waals surface area contributed by atoms with E-state index in [4.69, 9.17) is 0 Å². The van der Waals surface area contributed by atoms with Gasteiger partial charge in [0.1, 0.15) is 5.69 Å². The Balaban J connectivity index is 1.78. The number of carbonyl (C=O) groups is 2. The summed E-state index contributed by atoms with van der Waals surface area (Å²) >= 11 is 0. The van der Waals surface area contributed by atoms with Crippen molar-refractivity contribution in [3.8, 4) is 0 Å². The van der Waals surface area contributed by atoms with Crippen LogP contribution in [0, 0.1) is 0 Å². The Bertz CT molecular complexity index is 519. The van der Waals surface area contributed by atoms with Gasteiger partial charge in [-0.25, -0.2) is 0 Å². The molecule has 2 aliphatic rings.